The van der Waals surface area contributed by atoms with Crippen LogP contribution in [0.3, 0.4) is 0 Å². The molecule has 0 aliphatic rings. The first-order chi connectivity index (χ1) is 17.0. The molecule has 2 amide bonds. The highest BCUT2D eigenvalue weighted by atomic mass is 16.2. The minimum atomic E-state index is -0.218. The predicted octanol–water partition coefficient (Wildman–Crippen LogP) is 8.68. The Balaban J connectivity index is 1.92. The Labute approximate surface area is 216 Å². The standard InChI is InChI=1S/C32H40N2O2/c1-19(2)25-14-10-15-26(20(3)4)29(25)33-31(35)23-12-9-13-24(18-23)32(36)34-30-27(21(5)6)16-11-17-28(30)22(7)8/h9-22H,1-8H3,(H,33,35)(H,34,36). The van der Waals surface area contributed by atoms with Crippen molar-refractivity contribution in [3.05, 3.63) is 94.0 Å². The molecule has 0 aliphatic heterocycles. The fraction of sp³-hybridized carbons (Fsp3) is 0.375. The summed E-state index contributed by atoms with van der Waals surface area (Å²) in [5.74, 6) is 0.648. The van der Waals surface area contributed by atoms with Crippen LogP contribution in [0.5, 0.6) is 0 Å². The molecule has 0 saturated heterocycles. The van der Waals surface area contributed by atoms with Gasteiger partial charge in [0.2, 0.25) is 0 Å². The van der Waals surface area contributed by atoms with Gasteiger partial charge in [0.05, 0.1) is 0 Å². The molecule has 4 nitrogen and oxygen atoms in total. The molecule has 0 heterocycles. The Morgan fingerprint density at radius 3 is 1.06 bits per heavy atom. The second kappa shape index (κ2) is 11.6. The maximum absolute atomic E-state index is 13.3. The molecule has 0 spiro atoms. The summed E-state index contributed by atoms with van der Waals surface area (Å²) in [5, 5.41) is 6.30. The number of carbonyl (C=O) groups is 2. The van der Waals surface area contributed by atoms with Gasteiger partial charge < -0.3 is 10.6 Å². The Hall–Kier alpha value is -3.40. The van der Waals surface area contributed by atoms with E-state index in [1.807, 2.05) is 12.1 Å². The van der Waals surface area contributed by atoms with Gasteiger partial charge in [-0.1, -0.05) is 97.9 Å². The van der Waals surface area contributed by atoms with Crippen molar-refractivity contribution in [2.75, 3.05) is 10.6 Å². The molecule has 0 aliphatic carbocycles. The fourth-order valence-electron chi connectivity index (χ4n) is 4.56. The smallest absolute Gasteiger partial charge is 0.255 e. The number of para-hydroxylation sites is 2. The summed E-state index contributed by atoms with van der Waals surface area (Å²) in [4.78, 5) is 26.7. The lowest BCUT2D eigenvalue weighted by atomic mass is 9.92. The van der Waals surface area contributed by atoms with Crippen molar-refractivity contribution in [1.29, 1.82) is 0 Å². The molecule has 3 aromatic carbocycles. The van der Waals surface area contributed by atoms with E-state index in [9.17, 15) is 9.59 Å². The number of hydrogen-bond donors (Lipinski definition) is 2. The number of carbonyl (C=O) groups excluding carboxylic acids is 2. The van der Waals surface area contributed by atoms with Crippen LogP contribution in [0.2, 0.25) is 0 Å². The maximum atomic E-state index is 13.3. The van der Waals surface area contributed by atoms with Crippen molar-refractivity contribution in [2.45, 2.75) is 79.1 Å². The third-order valence-electron chi connectivity index (χ3n) is 6.61. The Morgan fingerprint density at radius 2 is 0.778 bits per heavy atom. The number of nitrogens with one attached hydrogen (secondary N) is 2. The lowest BCUT2D eigenvalue weighted by molar-refractivity contribution is 0.102. The van der Waals surface area contributed by atoms with Gasteiger partial charge in [0.1, 0.15) is 0 Å². The first kappa shape index (κ1) is 27.2. The molecule has 36 heavy (non-hydrogen) atoms. The SMILES string of the molecule is CC(C)c1cccc(C(C)C)c1NC(=O)c1cccc(C(=O)Nc2c(C(C)C)cccc2C(C)C)c1. The molecular weight excluding hydrogens is 444 g/mol. The van der Waals surface area contributed by atoms with Crippen molar-refractivity contribution in [1.82, 2.24) is 0 Å². The number of anilines is 2. The Morgan fingerprint density at radius 1 is 0.500 bits per heavy atom. The number of amides is 2. The molecule has 0 saturated carbocycles. The van der Waals surface area contributed by atoms with Gasteiger partial charge in [0.25, 0.3) is 11.8 Å². The normalized spacial score (nSPS) is 11.4. The Bertz CT molecular complexity index is 1090. The predicted molar refractivity (Wildman–Crippen MR) is 152 cm³/mol. The molecule has 2 N–H and O–H groups in total. The summed E-state index contributed by atoms with van der Waals surface area (Å²) >= 11 is 0. The zero-order valence-corrected chi connectivity index (χ0v) is 22.9. The number of hydrogen-bond acceptors (Lipinski definition) is 2. The second-order valence-electron chi connectivity index (χ2n) is 10.7. The zero-order chi connectivity index (χ0) is 26.6. The fourth-order valence-corrected chi connectivity index (χ4v) is 4.56. The van der Waals surface area contributed by atoms with Gasteiger partial charge in [-0.15, -0.1) is 0 Å². The monoisotopic (exact) mass is 484 g/mol. The van der Waals surface area contributed by atoms with E-state index in [-0.39, 0.29) is 35.5 Å². The molecule has 0 fully saturated rings. The highest BCUT2D eigenvalue weighted by molar-refractivity contribution is 6.09. The topological polar surface area (TPSA) is 58.2 Å². The molecular formula is C32H40N2O2. The molecule has 4 heteroatoms. The molecule has 0 unspecified atom stereocenters. The van der Waals surface area contributed by atoms with E-state index in [0.29, 0.717) is 11.1 Å². The van der Waals surface area contributed by atoms with E-state index in [1.54, 1.807) is 24.3 Å². The van der Waals surface area contributed by atoms with E-state index >= 15 is 0 Å². The van der Waals surface area contributed by atoms with Crippen LogP contribution >= 0.6 is 0 Å². The summed E-state index contributed by atoms with van der Waals surface area (Å²) in [6.07, 6.45) is 0. The minimum absolute atomic E-state index is 0.217. The summed E-state index contributed by atoms with van der Waals surface area (Å²) < 4.78 is 0. The highest BCUT2D eigenvalue weighted by Crippen LogP contribution is 2.34. The average Bonchev–Trinajstić information content (AvgIpc) is 2.83. The Kier molecular flexibility index (Phi) is 8.73. The van der Waals surface area contributed by atoms with Gasteiger partial charge >= 0.3 is 0 Å². The van der Waals surface area contributed by atoms with Crippen LogP contribution in [0.4, 0.5) is 11.4 Å². The molecule has 0 bridgehead atoms. The second-order valence-corrected chi connectivity index (χ2v) is 10.7. The number of benzene rings is 3. The summed E-state index contributed by atoms with van der Waals surface area (Å²) in [5.41, 5.74) is 7.08. The lowest BCUT2D eigenvalue weighted by Gasteiger charge is -2.21. The van der Waals surface area contributed by atoms with Gasteiger partial charge in [-0.05, 0) is 64.1 Å². The van der Waals surface area contributed by atoms with Gasteiger partial charge in [0, 0.05) is 22.5 Å². The molecule has 0 aromatic heterocycles. The van der Waals surface area contributed by atoms with E-state index in [0.717, 1.165) is 33.6 Å². The third-order valence-corrected chi connectivity index (χ3v) is 6.61. The van der Waals surface area contributed by atoms with Crippen molar-refractivity contribution < 1.29 is 9.59 Å². The van der Waals surface area contributed by atoms with Crippen LogP contribution in [0.1, 0.15) is 122 Å². The molecule has 3 aromatic rings. The summed E-state index contributed by atoms with van der Waals surface area (Å²) in [6, 6.07) is 19.3. The van der Waals surface area contributed by atoms with Crippen molar-refractivity contribution in [2.24, 2.45) is 0 Å². The first-order valence-electron chi connectivity index (χ1n) is 13.0. The summed E-state index contributed by atoms with van der Waals surface area (Å²) in [7, 11) is 0. The van der Waals surface area contributed by atoms with Crippen LogP contribution in [0.15, 0.2) is 60.7 Å². The van der Waals surface area contributed by atoms with E-state index < -0.39 is 0 Å². The van der Waals surface area contributed by atoms with Gasteiger partial charge in [-0.3, -0.25) is 9.59 Å². The molecule has 0 atom stereocenters. The summed E-state index contributed by atoms with van der Waals surface area (Å²) in [6.45, 7) is 17.0. The van der Waals surface area contributed by atoms with Gasteiger partial charge in [-0.25, -0.2) is 0 Å². The third kappa shape index (κ3) is 6.04. The zero-order valence-electron chi connectivity index (χ0n) is 22.9. The van der Waals surface area contributed by atoms with Crippen molar-refractivity contribution in [3.8, 4) is 0 Å². The van der Waals surface area contributed by atoms with Crippen molar-refractivity contribution in [3.63, 3.8) is 0 Å². The first-order valence-corrected chi connectivity index (χ1v) is 13.0. The van der Waals surface area contributed by atoms with Crippen LogP contribution < -0.4 is 10.6 Å². The largest absolute Gasteiger partial charge is 0.321 e. The van der Waals surface area contributed by atoms with Gasteiger partial charge in [0.15, 0.2) is 0 Å². The minimum Gasteiger partial charge on any atom is -0.321 e. The van der Waals surface area contributed by atoms with E-state index in [2.05, 4.69) is 90.3 Å². The van der Waals surface area contributed by atoms with Crippen molar-refractivity contribution >= 4 is 23.2 Å². The van der Waals surface area contributed by atoms with Crippen LogP contribution in [-0.4, -0.2) is 11.8 Å². The van der Waals surface area contributed by atoms with Crippen LogP contribution in [0.25, 0.3) is 0 Å². The average molecular weight is 485 g/mol. The quantitative estimate of drug-likeness (QED) is 0.336. The van der Waals surface area contributed by atoms with Crippen LogP contribution in [-0.2, 0) is 0 Å². The molecule has 3 rings (SSSR count). The highest BCUT2D eigenvalue weighted by Gasteiger charge is 2.20. The lowest BCUT2D eigenvalue weighted by Crippen LogP contribution is -2.18. The van der Waals surface area contributed by atoms with Gasteiger partial charge in [-0.2, -0.15) is 0 Å². The van der Waals surface area contributed by atoms with Crippen LogP contribution in [0, 0.1) is 0 Å². The molecule has 0 radical (unpaired) electrons. The maximum Gasteiger partial charge on any atom is 0.255 e. The number of rotatable bonds is 8. The van der Waals surface area contributed by atoms with E-state index in [1.165, 1.54) is 0 Å². The van der Waals surface area contributed by atoms with E-state index in [4.69, 9.17) is 0 Å². The molecule has 190 valence electrons.